The molecule has 8 heteroatoms. The molecule has 0 saturated carbocycles. The summed E-state index contributed by atoms with van der Waals surface area (Å²) in [7, 11) is 0. The molecule has 0 bridgehead atoms. The van der Waals surface area contributed by atoms with E-state index in [0.29, 0.717) is 25.1 Å². The van der Waals surface area contributed by atoms with Gasteiger partial charge in [0.25, 0.3) is 5.91 Å². The maximum absolute atomic E-state index is 12.4. The van der Waals surface area contributed by atoms with Gasteiger partial charge in [0, 0.05) is 25.9 Å². The van der Waals surface area contributed by atoms with Gasteiger partial charge < -0.3 is 4.90 Å². The lowest BCUT2D eigenvalue weighted by atomic mass is 10.0. The van der Waals surface area contributed by atoms with Gasteiger partial charge in [-0.25, -0.2) is 15.1 Å². The zero-order valence-electron chi connectivity index (χ0n) is 11.0. The van der Waals surface area contributed by atoms with E-state index in [4.69, 9.17) is 0 Å². The van der Waals surface area contributed by atoms with E-state index in [9.17, 15) is 9.59 Å². The van der Waals surface area contributed by atoms with Gasteiger partial charge in [0.15, 0.2) is 0 Å². The minimum absolute atomic E-state index is 0.0881. The van der Waals surface area contributed by atoms with E-state index in [1.54, 1.807) is 15.9 Å². The number of hydrazone groups is 1. The van der Waals surface area contributed by atoms with E-state index in [1.807, 2.05) is 0 Å². The van der Waals surface area contributed by atoms with Gasteiger partial charge in [-0.15, -0.1) is 0 Å². The number of piperidine rings is 1. The van der Waals surface area contributed by atoms with Crippen molar-refractivity contribution in [3.63, 3.8) is 0 Å². The molecule has 2 amide bonds. The molecular weight excluding hydrogens is 260 g/mol. The fourth-order valence-corrected chi connectivity index (χ4v) is 2.57. The Morgan fingerprint density at radius 3 is 3.00 bits per heavy atom. The zero-order valence-corrected chi connectivity index (χ0v) is 11.0. The van der Waals surface area contributed by atoms with Crippen LogP contribution in [0, 0.1) is 0 Å². The average molecular weight is 276 g/mol. The first kappa shape index (κ1) is 12.8. The number of rotatable bonds is 2. The van der Waals surface area contributed by atoms with Gasteiger partial charge in [0.2, 0.25) is 5.91 Å². The van der Waals surface area contributed by atoms with E-state index in [0.717, 1.165) is 19.4 Å². The van der Waals surface area contributed by atoms with Crippen LogP contribution in [0.25, 0.3) is 0 Å². The van der Waals surface area contributed by atoms with Crippen molar-refractivity contribution in [3.8, 4) is 0 Å². The third-order valence-corrected chi connectivity index (χ3v) is 3.65. The summed E-state index contributed by atoms with van der Waals surface area (Å²) >= 11 is 0. The van der Waals surface area contributed by atoms with Gasteiger partial charge in [-0.1, -0.05) is 0 Å². The van der Waals surface area contributed by atoms with Crippen molar-refractivity contribution < 1.29 is 9.59 Å². The predicted octanol–water partition coefficient (Wildman–Crippen LogP) is -0.292. The lowest BCUT2D eigenvalue weighted by molar-refractivity contribution is -0.126. The third-order valence-electron chi connectivity index (χ3n) is 3.65. The average Bonchev–Trinajstić information content (AvgIpc) is 3.02. The van der Waals surface area contributed by atoms with Crippen LogP contribution in [-0.4, -0.2) is 50.3 Å². The number of hydrogen-bond acceptors (Lipinski definition) is 5. The van der Waals surface area contributed by atoms with E-state index in [1.165, 1.54) is 6.33 Å². The number of amides is 2. The second kappa shape index (κ2) is 5.40. The number of hydrogen-bond donors (Lipinski definition) is 1. The highest BCUT2D eigenvalue weighted by molar-refractivity contribution is 6.39. The summed E-state index contributed by atoms with van der Waals surface area (Å²) in [5.74, 6) is -0.226. The third kappa shape index (κ3) is 2.54. The Balaban J connectivity index is 1.67. The highest BCUT2D eigenvalue weighted by Crippen LogP contribution is 2.21. The molecule has 3 rings (SSSR count). The maximum atomic E-state index is 12.4. The first-order valence-electron chi connectivity index (χ1n) is 6.73. The highest BCUT2D eigenvalue weighted by atomic mass is 16.2. The summed E-state index contributed by atoms with van der Waals surface area (Å²) in [4.78, 5) is 29.2. The SMILES string of the molecule is O=C1CCC(C(=O)N2CCC[C@@H](n3cncn3)C2)=NN1. The molecule has 1 aromatic rings. The van der Waals surface area contributed by atoms with Crippen molar-refractivity contribution in [2.24, 2.45) is 5.10 Å². The Morgan fingerprint density at radius 2 is 2.30 bits per heavy atom. The molecular formula is C12H16N6O2. The van der Waals surface area contributed by atoms with Crippen molar-refractivity contribution in [3.05, 3.63) is 12.7 Å². The lowest BCUT2D eigenvalue weighted by Crippen LogP contribution is -2.45. The molecule has 0 aliphatic carbocycles. The van der Waals surface area contributed by atoms with Crippen molar-refractivity contribution in [1.82, 2.24) is 25.1 Å². The smallest absolute Gasteiger partial charge is 0.270 e. The molecule has 3 heterocycles. The van der Waals surface area contributed by atoms with Crippen LogP contribution in [0.15, 0.2) is 17.8 Å². The molecule has 1 saturated heterocycles. The molecule has 0 spiro atoms. The van der Waals surface area contributed by atoms with Crippen molar-refractivity contribution >= 4 is 17.5 Å². The number of carbonyl (C=O) groups is 2. The van der Waals surface area contributed by atoms with Crippen LogP contribution in [0.3, 0.4) is 0 Å². The van der Waals surface area contributed by atoms with Crippen molar-refractivity contribution in [2.75, 3.05) is 13.1 Å². The number of nitrogens with zero attached hydrogens (tertiary/aromatic N) is 5. The Hall–Kier alpha value is -2.25. The maximum Gasteiger partial charge on any atom is 0.270 e. The predicted molar refractivity (Wildman–Crippen MR) is 69.7 cm³/mol. The molecule has 1 N–H and O–H groups in total. The largest absolute Gasteiger partial charge is 0.335 e. The molecule has 0 radical (unpaired) electrons. The summed E-state index contributed by atoms with van der Waals surface area (Å²) in [6, 6.07) is 0.161. The van der Waals surface area contributed by atoms with Crippen LogP contribution in [-0.2, 0) is 9.59 Å². The molecule has 20 heavy (non-hydrogen) atoms. The van der Waals surface area contributed by atoms with Crippen LogP contribution in [0.5, 0.6) is 0 Å². The normalized spacial score (nSPS) is 23.2. The zero-order chi connectivity index (χ0) is 13.9. The summed E-state index contributed by atoms with van der Waals surface area (Å²) in [6.07, 6.45) is 5.82. The van der Waals surface area contributed by atoms with Gasteiger partial charge in [0.1, 0.15) is 18.4 Å². The topological polar surface area (TPSA) is 92.5 Å². The first-order valence-corrected chi connectivity index (χ1v) is 6.73. The highest BCUT2D eigenvalue weighted by Gasteiger charge is 2.29. The van der Waals surface area contributed by atoms with Crippen molar-refractivity contribution in [1.29, 1.82) is 0 Å². The second-order valence-electron chi connectivity index (χ2n) is 5.02. The Labute approximate surface area is 115 Å². The standard InChI is InChI=1S/C12H16N6O2/c19-11-4-3-10(15-16-11)12(20)17-5-1-2-9(6-17)18-8-13-7-14-18/h7-9H,1-6H2,(H,16,19)/t9-/m1/s1. The molecule has 1 atom stereocenters. The molecule has 1 aromatic heterocycles. The quantitative estimate of drug-likeness (QED) is 0.803. The fourth-order valence-electron chi connectivity index (χ4n) is 2.57. The van der Waals surface area contributed by atoms with Crippen LogP contribution in [0.4, 0.5) is 0 Å². The van der Waals surface area contributed by atoms with E-state index < -0.39 is 0 Å². The van der Waals surface area contributed by atoms with E-state index in [-0.39, 0.29) is 17.9 Å². The summed E-state index contributed by atoms with van der Waals surface area (Å²) < 4.78 is 1.80. The van der Waals surface area contributed by atoms with Crippen LogP contribution >= 0.6 is 0 Å². The Bertz CT molecular complexity index is 538. The van der Waals surface area contributed by atoms with Gasteiger partial charge in [-0.3, -0.25) is 9.59 Å². The number of likely N-dealkylation sites (tertiary alicyclic amines) is 1. The first-order chi connectivity index (χ1) is 9.74. The Morgan fingerprint density at radius 1 is 1.40 bits per heavy atom. The number of nitrogens with one attached hydrogen (secondary N) is 1. The van der Waals surface area contributed by atoms with E-state index in [2.05, 4.69) is 20.6 Å². The van der Waals surface area contributed by atoms with Crippen LogP contribution < -0.4 is 5.43 Å². The van der Waals surface area contributed by atoms with Gasteiger partial charge in [-0.2, -0.15) is 10.2 Å². The number of carbonyl (C=O) groups excluding carboxylic acids is 2. The fraction of sp³-hybridized carbons (Fsp3) is 0.583. The van der Waals surface area contributed by atoms with E-state index >= 15 is 0 Å². The molecule has 2 aliphatic heterocycles. The lowest BCUT2D eigenvalue weighted by Gasteiger charge is -2.33. The molecule has 0 unspecified atom stereocenters. The summed E-state index contributed by atoms with van der Waals surface area (Å²) in [5.41, 5.74) is 2.80. The van der Waals surface area contributed by atoms with Gasteiger partial charge in [-0.05, 0) is 12.8 Å². The van der Waals surface area contributed by atoms with Crippen molar-refractivity contribution in [2.45, 2.75) is 31.7 Å². The second-order valence-corrected chi connectivity index (χ2v) is 5.02. The molecule has 1 fully saturated rings. The summed E-state index contributed by atoms with van der Waals surface area (Å²) in [5, 5.41) is 8.00. The summed E-state index contributed by atoms with van der Waals surface area (Å²) in [6.45, 7) is 1.33. The Kier molecular flexibility index (Phi) is 3.44. The minimum atomic E-state index is -0.138. The molecule has 106 valence electrons. The monoisotopic (exact) mass is 276 g/mol. The van der Waals surface area contributed by atoms with Gasteiger partial charge >= 0.3 is 0 Å². The molecule has 2 aliphatic rings. The molecule has 8 nitrogen and oxygen atoms in total. The molecule has 0 aromatic carbocycles. The van der Waals surface area contributed by atoms with Gasteiger partial charge in [0.05, 0.1) is 6.04 Å². The minimum Gasteiger partial charge on any atom is -0.335 e. The number of aromatic nitrogens is 3. The van der Waals surface area contributed by atoms with Crippen LogP contribution in [0.1, 0.15) is 31.7 Å². The van der Waals surface area contributed by atoms with Crippen LogP contribution in [0.2, 0.25) is 0 Å².